The van der Waals surface area contributed by atoms with Crippen LogP contribution in [-0.2, 0) is 13.5 Å². The number of thioether (sulfide) groups is 2. The zero-order valence-electron chi connectivity index (χ0n) is 12.7. The van der Waals surface area contributed by atoms with Crippen LogP contribution >= 0.6 is 23.5 Å². The predicted molar refractivity (Wildman–Crippen MR) is 93.2 cm³/mol. The molecule has 0 amide bonds. The summed E-state index contributed by atoms with van der Waals surface area (Å²) in [4.78, 5) is 0. The van der Waals surface area contributed by atoms with Crippen molar-refractivity contribution < 1.29 is 5.11 Å². The van der Waals surface area contributed by atoms with Gasteiger partial charge in [-0.1, -0.05) is 32.0 Å². The Morgan fingerprint density at radius 3 is 2.86 bits per heavy atom. The first-order valence-electron chi connectivity index (χ1n) is 7.42. The van der Waals surface area contributed by atoms with Gasteiger partial charge in [-0.25, -0.2) is 0 Å². The maximum absolute atomic E-state index is 10.6. The Morgan fingerprint density at radius 2 is 2.10 bits per heavy atom. The second kappa shape index (κ2) is 6.23. The van der Waals surface area contributed by atoms with Crippen LogP contribution in [0.5, 0.6) is 0 Å². The van der Waals surface area contributed by atoms with Crippen LogP contribution < -0.4 is 0 Å². The summed E-state index contributed by atoms with van der Waals surface area (Å²) in [5, 5.41) is 18.0. The highest BCUT2D eigenvalue weighted by Gasteiger charge is 2.31. The molecule has 114 valence electrons. The highest BCUT2D eigenvalue weighted by Crippen LogP contribution is 2.37. The van der Waals surface area contributed by atoms with Gasteiger partial charge in [0.1, 0.15) is 0 Å². The van der Waals surface area contributed by atoms with Crippen molar-refractivity contribution in [3.8, 4) is 0 Å². The molecule has 5 heteroatoms. The number of para-hydroxylation sites is 1. The van der Waals surface area contributed by atoms with Gasteiger partial charge in [0, 0.05) is 40.4 Å². The normalized spacial score (nSPS) is 27.9. The number of rotatable bonds is 3. The molecule has 2 heterocycles. The molecule has 1 aromatic carbocycles. The molecule has 0 radical (unpaired) electrons. The Labute approximate surface area is 134 Å². The van der Waals surface area contributed by atoms with E-state index in [4.69, 9.17) is 0 Å². The van der Waals surface area contributed by atoms with E-state index in [0.717, 1.165) is 22.3 Å². The van der Waals surface area contributed by atoms with Gasteiger partial charge < -0.3 is 5.11 Å². The minimum absolute atomic E-state index is 0.307. The van der Waals surface area contributed by atoms with E-state index in [2.05, 4.69) is 31.1 Å². The third-order valence-corrected chi connectivity index (χ3v) is 7.78. The van der Waals surface area contributed by atoms with E-state index in [-0.39, 0.29) is 6.10 Å². The first kappa shape index (κ1) is 15.3. The SMILES string of the molecule is CC1SCC(C(O)Cc2nn(C)c3ccccc23)SC1C. The smallest absolute Gasteiger partial charge is 0.0729 e. The molecule has 3 rings (SSSR count). The van der Waals surface area contributed by atoms with Gasteiger partial charge in [-0.05, 0) is 6.07 Å². The average Bonchev–Trinajstić information content (AvgIpc) is 2.79. The molecule has 1 aliphatic rings. The van der Waals surface area contributed by atoms with Crippen LogP contribution in [0.1, 0.15) is 19.5 Å². The molecule has 4 unspecified atom stereocenters. The van der Waals surface area contributed by atoms with Gasteiger partial charge in [0.25, 0.3) is 0 Å². The fourth-order valence-electron chi connectivity index (χ4n) is 2.78. The standard InChI is InChI=1S/C16H22N2OS2/c1-10-11(2)21-16(9-20-10)15(19)8-13-12-6-4-5-7-14(12)18(3)17-13/h4-7,10-11,15-16,19H,8-9H2,1-3H3. The van der Waals surface area contributed by atoms with E-state index in [1.807, 2.05) is 47.4 Å². The van der Waals surface area contributed by atoms with Crippen LogP contribution in [0.25, 0.3) is 10.9 Å². The van der Waals surface area contributed by atoms with Crippen LogP contribution in [0.15, 0.2) is 24.3 Å². The van der Waals surface area contributed by atoms with Crippen LogP contribution in [-0.4, -0.2) is 42.5 Å². The number of benzene rings is 1. The van der Waals surface area contributed by atoms with Crippen LogP contribution in [0.2, 0.25) is 0 Å². The van der Waals surface area contributed by atoms with Gasteiger partial charge in [-0.3, -0.25) is 4.68 Å². The minimum Gasteiger partial charge on any atom is -0.392 e. The van der Waals surface area contributed by atoms with Crippen LogP contribution in [0, 0.1) is 0 Å². The Bertz CT molecular complexity index is 628. The monoisotopic (exact) mass is 322 g/mol. The molecule has 1 aromatic heterocycles. The Hall–Kier alpha value is -0.650. The zero-order valence-corrected chi connectivity index (χ0v) is 14.3. The summed E-state index contributed by atoms with van der Waals surface area (Å²) in [7, 11) is 1.97. The number of nitrogens with zero attached hydrogens (tertiary/aromatic N) is 2. The molecule has 1 N–H and O–H groups in total. The number of hydrogen-bond donors (Lipinski definition) is 1. The first-order chi connectivity index (χ1) is 10.1. The molecular formula is C16H22N2OS2. The molecule has 2 aromatic rings. The van der Waals surface area contributed by atoms with E-state index in [1.54, 1.807) is 0 Å². The van der Waals surface area contributed by atoms with Gasteiger partial charge in [0.2, 0.25) is 0 Å². The second-order valence-electron chi connectivity index (χ2n) is 5.78. The van der Waals surface area contributed by atoms with Crippen molar-refractivity contribution in [3.05, 3.63) is 30.0 Å². The Kier molecular flexibility index (Phi) is 4.52. The van der Waals surface area contributed by atoms with Crippen molar-refractivity contribution in [2.24, 2.45) is 7.05 Å². The lowest BCUT2D eigenvalue weighted by Gasteiger charge is -2.33. The quantitative estimate of drug-likeness (QED) is 0.942. The summed E-state index contributed by atoms with van der Waals surface area (Å²) in [5.41, 5.74) is 2.14. The summed E-state index contributed by atoms with van der Waals surface area (Å²) >= 11 is 3.90. The maximum Gasteiger partial charge on any atom is 0.0729 e. The largest absolute Gasteiger partial charge is 0.392 e. The topological polar surface area (TPSA) is 38.1 Å². The summed E-state index contributed by atoms with van der Waals surface area (Å²) in [6.07, 6.45) is 0.316. The summed E-state index contributed by atoms with van der Waals surface area (Å²) < 4.78 is 1.91. The number of aliphatic hydroxyl groups is 1. The molecule has 4 atom stereocenters. The lowest BCUT2D eigenvalue weighted by Crippen LogP contribution is -2.35. The highest BCUT2D eigenvalue weighted by molar-refractivity contribution is 8.07. The van der Waals surface area contributed by atoms with Gasteiger partial charge in [-0.15, -0.1) is 0 Å². The predicted octanol–water partition coefficient (Wildman–Crippen LogP) is 3.10. The van der Waals surface area contributed by atoms with Crippen molar-refractivity contribution in [2.45, 2.75) is 42.1 Å². The fourth-order valence-corrected chi connectivity index (χ4v) is 5.79. The molecule has 0 saturated carbocycles. The summed E-state index contributed by atoms with van der Waals surface area (Å²) in [6.45, 7) is 4.54. The first-order valence-corrected chi connectivity index (χ1v) is 9.41. The molecule has 1 aliphatic heterocycles. The number of aliphatic hydroxyl groups excluding tert-OH is 1. The molecule has 3 nitrogen and oxygen atoms in total. The lowest BCUT2D eigenvalue weighted by molar-refractivity contribution is 0.176. The lowest BCUT2D eigenvalue weighted by atomic mass is 10.1. The number of hydrogen-bond acceptors (Lipinski definition) is 4. The van der Waals surface area contributed by atoms with Crippen molar-refractivity contribution in [1.29, 1.82) is 0 Å². The molecule has 1 fully saturated rings. The van der Waals surface area contributed by atoms with Crippen molar-refractivity contribution in [1.82, 2.24) is 9.78 Å². The van der Waals surface area contributed by atoms with Crippen LogP contribution in [0.3, 0.4) is 0 Å². The van der Waals surface area contributed by atoms with Gasteiger partial charge >= 0.3 is 0 Å². The zero-order chi connectivity index (χ0) is 15.0. The summed E-state index contributed by atoms with van der Waals surface area (Å²) in [5.74, 6) is 1.03. The molecule has 1 saturated heterocycles. The van der Waals surface area contributed by atoms with Crippen LogP contribution in [0.4, 0.5) is 0 Å². The third-order valence-electron chi connectivity index (χ3n) is 4.24. The highest BCUT2D eigenvalue weighted by atomic mass is 32.2. The van der Waals surface area contributed by atoms with Gasteiger partial charge in [0.15, 0.2) is 0 Å². The van der Waals surface area contributed by atoms with Crippen molar-refractivity contribution in [3.63, 3.8) is 0 Å². The number of aryl methyl sites for hydroxylation is 1. The molecule has 21 heavy (non-hydrogen) atoms. The van der Waals surface area contributed by atoms with E-state index >= 15 is 0 Å². The van der Waals surface area contributed by atoms with E-state index in [9.17, 15) is 5.11 Å². The van der Waals surface area contributed by atoms with Crippen molar-refractivity contribution in [2.75, 3.05) is 5.75 Å². The average molecular weight is 322 g/mol. The Balaban J connectivity index is 1.76. The number of aromatic nitrogens is 2. The van der Waals surface area contributed by atoms with Gasteiger partial charge in [0.05, 0.1) is 17.3 Å². The molecule has 0 bridgehead atoms. The maximum atomic E-state index is 10.6. The molecule has 0 aliphatic carbocycles. The molecule has 0 spiro atoms. The fraction of sp³-hybridized carbons (Fsp3) is 0.562. The van der Waals surface area contributed by atoms with E-state index in [0.29, 0.717) is 22.2 Å². The Morgan fingerprint density at radius 1 is 1.33 bits per heavy atom. The van der Waals surface area contributed by atoms with E-state index in [1.165, 1.54) is 0 Å². The van der Waals surface area contributed by atoms with E-state index < -0.39 is 0 Å². The third kappa shape index (κ3) is 3.10. The minimum atomic E-state index is -0.323. The van der Waals surface area contributed by atoms with Gasteiger partial charge in [-0.2, -0.15) is 28.6 Å². The second-order valence-corrected chi connectivity index (χ2v) is 8.81. The van der Waals surface area contributed by atoms with Crippen molar-refractivity contribution >= 4 is 34.4 Å². The number of fused-ring (bicyclic) bond motifs is 1. The summed E-state index contributed by atoms with van der Waals surface area (Å²) in [6, 6.07) is 8.24. The molecular weight excluding hydrogens is 300 g/mol.